The fourth-order valence-corrected chi connectivity index (χ4v) is 5.05. The summed E-state index contributed by atoms with van der Waals surface area (Å²) in [5.41, 5.74) is 3.23. The standard InChI is InChI=1S/C28H42N2O4/c1-3-17-30(23-10-11-24-22(20-23)9-12-25(31)28(24)33)18-7-5-4-6-15-29-16-14-21-8-13-27(34-2)26(32)19-21/h8-9,12-13,19,23,29,31-33H,3-7,10-11,14-18,20H2,1-2H3. The van der Waals surface area contributed by atoms with E-state index < -0.39 is 0 Å². The molecule has 3 rings (SSSR count). The van der Waals surface area contributed by atoms with Gasteiger partial charge in [0.2, 0.25) is 0 Å². The summed E-state index contributed by atoms with van der Waals surface area (Å²) >= 11 is 0. The van der Waals surface area contributed by atoms with Crippen molar-refractivity contribution in [3.63, 3.8) is 0 Å². The van der Waals surface area contributed by atoms with Crippen LogP contribution in [0.5, 0.6) is 23.0 Å². The minimum absolute atomic E-state index is 0.00265. The van der Waals surface area contributed by atoms with Crippen molar-refractivity contribution in [1.82, 2.24) is 10.2 Å². The predicted molar refractivity (Wildman–Crippen MR) is 137 cm³/mol. The van der Waals surface area contributed by atoms with Crippen LogP contribution in [-0.2, 0) is 19.3 Å². The average molecular weight is 471 g/mol. The maximum Gasteiger partial charge on any atom is 0.160 e. The summed E-state index contributed by atoms with van der Waals surface area (Å²) in [6, 6.07) is 9.71. The second kappa shape index (κ2) is 13.4. The van der Waals surface area contributed by atoms with Gasteiger partial charge in [0.25, 0.3) is 0 Å². The maximum atomic E-state index is 10.2. The second-order valence-corrected chi connectivity index (χ2v) is 9.42. The average Bonchev–Trinajstić information content (AvgIpc) is 2.84. The molecular weight excluding hydrogens is 428 g/mol. The van der Waals surface area contributed by atoms with Crippen LogP contribution in [0, 0.1) is 0 Å². The highest BCUT2D eigenvalue weighted by Gasteiger charge is 2.26. The summed E-state index contributed by atoms with van der Waals surface area (Å²) in [6.07, 6.45) is 9.76. The Morgan fingerprint density at radius 2 is 1.79 bits per heavy atom. The van der Waals surface area contributed by atoms with E-state index in [-0.39, 0.29) is 17.2 Å². The lowest BCUT2D eigenvalue weighted by Gasteiger charge is -2.35. The summed E-state index contributed by atoms with van der Waals surface area (Å²) in [7, 11) is 1.56. The van der Waals surface area contributed by atoms with Crippen molar-refractivity contribution in [3.8, 4) is 23.0 Å². The van der Waals surface area contributed by atoms with Crippen LogP contribution in [0.4, 0.5) is 0 Å². The van der Waals surface area contributed by atoms with Gasteiger partial charge in [0, 0.05) is 11.6 Å². The van der Waals surface area contributed by atoms with Crippen molar-refractivity contribution in [3.05, 3.63) is 47.0 Å². The van der Waals surface area contributed by atoms with Crippen molar-refractivity contribution in [2.45, 2.75) is 70.8 Å². The van der Waals surface area contributed by atoms with Gasteiger partial charge in [0.1, 0.15) is 0 Å². The van der Waals surface area contributed by atoms with E-state index in [9.17, 15) is 15.3 Å². The van der Waals surface area contributed by atoms with Gasteiger partial charge in [-0.05, 0) is 100 Å². The van der Waals surface area contributed by atoms with E-state index in [1.807, 2.05) is 18.2 Å². The van der Waals surface area contributed by atoms with Crippen LogP contribution in [0.25, 0.3) is 0 Å². The van der Waals surface area contributed by atoms with Gasteiger partial charge in [0.15, 0.2) is 23.0 Å². The lowest BCUT2D eigenvalue weighted by atomic mass is 9.86. The minimum atomic E-state index is -0.00265. The molecule has 0 bridgehead atoms. The molecule has 1 aliphatic carbocycles. The molecule has 2 aromatic rings. The van der Waals surface area contributed by atoms with E-state index in [1.165, 1.54) is 31.2 Å². The summed E-state index contributed by atoms with van der Waals surface area (Å²) < 4.78 is 5.09. The molecule has 6 heteroatoms. The molecule has 4 N–H and O–H groups in total. The molecule has 0 radical (unpaired) electrons. The number of unbranched alkanes of at least 4 members (excludes halogenated alkanes) is 3. The van der Waals surface area contributed by atoms with Gasteiger partial charge < -0.3 is 30.3 Å². The number of fused-ring (bicyclic) bond motifs is 1. The quantitative estimate of drug-likeness (QED) is 0.235. The molecule has 0 amide bonds. The third-order valence-electron chi connectivity index (χ3n) is 6.95. The highest BCUT2D eigenvalue weighted by molar-refractivity contribution is 5.50. The van der Waals surface area contributed by atoms with Crippen molar-refractivity contribution in [2.75, 3.05) is 33.3 Å². The first kappa shape index (κ1) is 26.2. The van der Waals surface area contributed by atoms with Crippen molar-refractivity contribution >= 4 is 0 Å². The van der Waals surface area contributed by atoms with Crippen LogP contribution >= 0.6 is 0 Å². The van der Waals surface area contributed by atoms with Gasteiger partial charge >= 0.3 is 0 Å². The second-order valence-electron chi connectivity index (χ2n) is 9.42. The number of methoxy groups -OCH3 is 1. The number of hydrogen-bond acceptors (Lipinski definition) is 6. The normalized spacial score (nSPS) is 15.4. The van der Waals surface area contributed by atoms with Gasteiger partial charge in [-0.3, -0.25) is 0 Å². The molecule has 1 unspecified atom stereocenters. The topological polar surface area (TPSA) is 85.2 Å². The maximum absolute atomic E-state index is 10.2. The zero-order valence-corrected chi connectivity index (χ0v) is 20.9. The van der Waals surface area contributed by atoms with E-state index >= 15 is 0 Å². The molecule has 6 nitrogen and oxygen atoms in total. The Bertz CT molecular complexity index is 902. The van der Waals surface area contributed by atoms with Gasteiger partial charge in [-0.25, -0.2) is 0 Å². The molecule has 0 aromatic heterocycles. The molecule has 1 atom stereocenters. The van der Waals surface area contributed by atoms with E-state index in [4.69, 9.17) is 4.74 Å². The largest absolute Gasteiger partial charge is 0.504 e. The zero-order chi connectivity index (χ0) is 24.3. The summed E-state index contributed by atoms with van der Waals surface area (Å²) in [4.78, 5) is 2.63. The third-order valence-corrected chi connectivity index (χ3v) is 6.95. The number of ether oxygens (including phenoxy) is 1. The number of phenolic OH excluding ortho intramolecular Hbond substituents is 3. The molecule has 0 fully saturated rings. The lowest BCUT2D eigenvalue weighted by Crippen LogP contribution is -2.40. The SMILES string of the molecule is CCCN(CCCCCCNCCc1ccc(OC)c(O)c1)C1CCc2c(ccc(O)c2O)C1. The van der Waals surface area contributed by atoms with E-state index in [1.54, 1.807) is 19.2 Å². The molecule has 188 valence electrons. The van der Waals surface area contributed by atoms with Crippen LogP contribution < -0.4 is 10.1 Å². The van der Waals surface area contributed by atoms with Gasteiger partial charge in [0.05, 0.1) is 7.11 Å². The number of nitrogens with one attached hydrogen (secondary N) is 1. The zero-order valence-electron chi connectivity index (χ0n) is 20.9. The van der Waals surface area contributed by atoms with Crippen LogP contribution in [0.2, 0.25) is 0 Å². The Kier molecular flexibility index (Phi) is 10.4. The number of nitrogens with zero attached hydrogens (tertiary/aromatic N) is 1. The number of rotatable bonds is 14. The Morgan fingerprint density at radius 3 is 2.56 bits per heavy atom. The molecule has 0 aliphatic heterocycles. The summed E-state index contributed by atoms with van der Waals surface area (Å²) in [5, 5.41) is 33.3. The molecular formula is C28H42N2O4. The van der Waals surface area contributed by atoms with Crippen molar-refractivity contribution in [1.29, 1.82) is 0 Å². The number of hydrogen-bond donors (Lipinski definition) is 4. The van der Waals surface area contributed by atoms with Crippen LogP contribution in [0.1, 0.15) is 62.1 Å². The molecule has 0 saturated heterocycles. The number of benzene rings is 2. The Hall–Kier alpha value is -2.44. The van der Waals surface area contributed by atoms with E-state index in [0.29, 0.717) is 11.8 Å². The first-order valence-electron chi connectivity index (χ1n) is 12.9. The molecule has 0 spiro atoms. The smallest absolute Gasteiger partial charge is 0.160 e. The van der Waals surface area contributed by atoms with Crippen molar-refractivity contribution < 1.29 is 20.1 Å². The first-order valence-corrected chi connectivity index (χ1v) is 12.9. The molecule has 0 heterocycles. The fraction of sp³-hybridized carbons (Fsp3) is 0.571. The summed E-state index contributed by atoms with van der Waals surface area (Å²) in [5.74, 6) is 0.792. The molecule has 1 aliphatic rings. The fourth-order valence-electron chi connectivity index (χ4n) is 5.05. The molecule has 2 aromatic carbocycles. The van der Waals surface area contributed by atoms with E-state index in [0.717, 1.165) is 69.4 Å². The Balaban J connectivity index is 1.30. The van der Waals surface area contributed by atoms with Crippen LogP contribution in [0.3, 0.4) is 0 Å². The van der Waals surface area contributed by atoms with Gasteiger partial charge in [-0.1, -0.05) is 31.9 Å². The van der Waals surface area contributed by atoms with Gasteiger partial charge in [-0.15, -0.1) is 0 Å². The Morgan fingerprint density at radius 1 is 0.971 bits per heavy atom. The van der Waals surface area contributed by atoms with Gasteiger partial charge in [-0.2, -0.15) is 0 Å². The minimum Gasteiger partial charge on any atom is -0.504 e. The highest BCUT2D eigenvalue weighted by atomic mass is 16.5. The predicted octanol–water partition coefficient (Wildman–Crippen LogP) is 4.77. The van der Waals surface area contributed by atoms with E-state index in [2.05, 4.69) is 17.1 Å². The van der Waals surface area contributed by atoms with Crippen LogP contribution in [0.15, 0.2) is 30.3 Å². The third kappa shape index (κ3) is 7.28. The summed E-state index contributed by atoms with van der Waals surface area (Å²) in [6.45, 7) is 6.43. The lowest BCUT2D eigenvalue weighted by molar-refractivity contribution is 0.175. The monoisotopic (exact) mass is 470 g/mol. The van der Waals surface area contributed by atoms with Crippen LogP contribution in [-0.4, -0.2) is 59.6 Å². The number of phenols is 3. The molecule has 34 heavy (non-hydrogen) atoms. The number of aromatic hydroxyl groups is 3. The van der Waals surface area contributed by atoms with Crippen molar-refractivity contribution in [2.24, 2.45) is 0 Å². The first-order chi connectivity index (χ1) is 16.5. The Labute approximate surface area is 204 Å². The molecule has 0 saturated carbocycles. The highest BCUT2D eigenvalue weighted by Crippen LogP contribution is 2.36.